The highest BCUT2D eigenvalue weighted by Gasteiger charge is 2.39. The molecule has 5 rings (SSSR count). The summed E-state index contributed by atoms with van der Waals surface area (Å²) in [5.74, 6) is -0.305. The van der Waals surface area contributed by atoms with Crippen molar-refractivity contribution >= 4 is 29.2 Å². The lowest BCUT2D eigenvalue weighted by molar-refractivity contribution is 0.0884. The van der Waals surface area contributed by atoms with E-state index in [9.17, 15) is 9.18 Å². The van der Waals surface area contributed by atoms with E-state index in [-0.39, 0.29) is 30.2 Å². The molecule has 2 aliphatic rings. The number of hydrogen-bond acceptors (Lipinski definition) is 2. The number of amides is 1. The number of aromatic nitrogens is 1. The first-order chi connectivity index (χ1) is 14.4. The molecule has 2 aliphatic heterocycles. The minimum absolute atomic E-state index is 0. The second kappa shape index (κ2) is 8.29. The Hall–Kier alpha value is -2.37. The molecule has 0 spiro atoms. The van der Waals surface area contributed by atoms with Crippen LogP contribution in [-0.4, -0.2) is 40.5 Å². The second-order valence-corrected chi connectivity index (χ2v) is 9.00. The van der Waals surface area contributed by atoms with Crippen LogP contribution in [0.1, 0.15) is 41.6 Å². The molecule has 164 valence electrons. The van der Waals surface area contributed by atoms with Gasteiger partial charge in [0.15, 0.2) is 0 Å². The highest BCUT2D eigenvalue weighted by molar-refractivity contribution is 6.13. The Kier molecular flexibility index (Phi) is 5.84. The number of hydrogen-bond donors (Lipinski definition) is 1. The van der Waals surface area contributed by atoms with Gasteiger partial charge in [-0.1, -0.05) is 11.6 Å². The van der Waals surface area contributed by atoms with Crippen molar-refractivity contribution < 1.29 is 9.18 Å². The molecular formula is C25H29ClFN3O. The number of carbonyl (C=O) groups excluding carboxylic acids is 1. The van der Waals surface area contributed by atoms with Gasteiger partial charge in [0, 0.05) is 36.1 Å². The van der Waals surface area contributed by atoms with Crippen molar-refractivity contribution in [3.05, 3.63) is 59.4 Å². The Balaban J connectivity index is 0.00000231. The van der Waals surface area contributed by atoms with Gasteiger partial charge in [-0.05, 0) is 81.6 Å². The number of benzene rings is 2. The van der Waals surface area contributed by atoms with Crippen molar-refractivity contribution in [3.63, 3.8) is 0 Å². The standard InChI is InChI=1S/C25H28FN3O.ClH/c1-15-4-11-22-21(12-15)23(24(29(22)3)16-5-7-17(26)8-6-16)25(30)27-18-13-19-9-10-20(14-18)28(19)2;/h4-8,11-12,18-20H,9-10,13-14H2,1-3H3,(H,27,30);1H/t18-,19+,20-;. The third-order valence-electron chi connectivity index (χ3n) is 7.13. The Morgan fingerprint density at radius 2 is 1.68 bits per heavy atom. The topological polar surface area (TPSA) is 37.3 Å². The average Bonchev–Trinajstić information content (AvgIpc) is 3.10. The highest BCUT2D eigenvalue weighted by atomic mass is 35.5. The van der Waals surface area contributed by atoms with Crippen molar-refractivity contribution in [3.8, 4) is 11.3 Å². The molecule has 2 aromatic carbocycles. The molecule has 31 heavy (non-hydrogen) atoms. The van der Waals surface area contributed by atoms with Crippen LogP contribution in [0.5, 0.6) is 0 Å². The first-order valence-corrected chi connectivity index (χ1v) is 10.8. The number of piperidine rings is 1. The van der Waals surface area contributed by atoms with E-state index in [0.29, 0.717) is 17.6 Å². The normalized spacial score (nSPS) is 23.0. The molecule has 3 aromatic rings. The van der Waals surface area contributed by atoms with Crippen LogP contribution in [0.4, 0.5) is 4.39 Å². The van der Waals surface area contributed by atoms with E-state index < -0.39 is 0 Å². The third-order valence-corrected chi connectivity index (χ3v) is 7.13. The lowest BCUT2D eigenvalue weighted by atomic mass is 9.97. The van der Waals surface area contributed by atoms with E-state index >= 15 is 0 Å². The van der Waals surface area contributed by atoms with E-state index in [1.54, 1.807) is 12.1 Å². The van der Waals surface area contributed by atoms with Gasteiger partial charge >= 0.3 is 0 Å². The zero-order valence-electron chi connectivity index (χ0n) is 18.2. The number of aryl methyl sites for hydroxylation is 2. The predicted molar refractivity (Wildman–Crippen MR) is 125 cm³/mol. The molecular weight excluding hydrogens is 413 g/mol. The summed E-state index contributed by atoms with van der Waals surface area (Å²) in [6, 6.07) is 14.0. The molecule has 0 radical (unpaired) electrons. The quantitative estimate of drug-likeness (QED) is 0.616. The van der Waals surface area contributed by atoms with Crippen LogP contribution in [0.25, 0.3) is 22.2 Å². The summed E-state index contributed by atoms with van der Waals surface area (Å²) in [4.78, 5) is 16.1. The zero-order valence-corrected chi connectivity index (χ0v) is 19.0. The molecule has 0 saturated carbocycles. The molecule has 0 aliphatic carbocycles. The number of halogens is 2. The van der Waals surface area contributed by atoms with Crippen LogP contribution >= 0.6 is 12.4 Å². The summed E-state index contributed by atoms with van der Waals surface area (Å²) in [5, 5.41) is 4.30. The summed E-state index contributed by atoms with van der Waals surface area (Å²) in [6.07, 6.45) is 4.46. The summed E-state index contributed by atoms with van der Waals surface area (Å²) >= 11 is 0. The number of nitrogens with one attached hydrogen (secondary N) is 1. The summed E-state index contributed by atoms with van der Waals surface area (Å²) in [7, 11) is 4.18. The average molecular weight is 442 g/mol. The fraction of sp³-hybridized carbons (Fsp3) is 0.400. The molecule has 2 saturated heterocycles. The van der Waals surface area contributed by atoms with Crippen LogP contribution in [-0.2, 0) is 7.05 Å². The first kappa shape index (κ1) is 21.8. The van der Waals surface area contributed by atoms with Gasteiger partial charge in [-0.3, -0.25) is 4.79 Å². The third kappa shape index (κ3) is 3.74. The van der Waals surface area contributed by atoms with Crippen LogP contribution in [0, 0.1) is 12.7 Å². The fourth-order valence-corrected chi connectivity index (χ4v) is 5.52. The number of fused-ring (bicyclic) bond motifs is 3. The van der Waals surface area contributed by atoms with Crippen molar-refractivity contribution in [1.29, 1.82) is 0 Å². The minimum Gasteiger partial charge on any atom is -0.349 e. The monoisotopic (exact) mass is 441 g/mol. The molecule has 1 amide bonds. The first-order valence-electron chi connectivity index (χ1n) is 10.8. The van der Waals surface area contributed by atoms with E-state index in [0.717, 1.165) is 40.6 Å². The molecule has 2 bridgehead atoms. The van der Waals surface area contributed by atoms with E-state index in [4.69, 9.17) is 0 Å². The predicted octanol–water partition coefficient (Wildman–Crippen LogP) is 5.07. The van der Waals surface area contributed by atoms with Crippen LogP contribution in [0.3, 0.4) is 0 Å². The van der Waals surface area contributed by atoms with Gasteiger partial charge in [-0.25, -0.2) is 4.39 Å². The molecule has 2 fully saturated rings. The maximum atomic E-state index is 13.6. The molecule has 1 N–H and O–H groups in total. The van der Waals surface area contributed by atoms with Crippen molar-refractivity contribution in [1.82, 2.24) is 14.8 Å². The number of nitrogens with zero attached hydrogens (tertiary/aromatic N) is 2. The van der Waals surface area contributed by atoms with Crippen LogP contribution in [0.15, 0.2) is 42.5 Å². The summed E-state index contributed by atoms with van der Waals surface area (Å²) < 4.78 is 15.6. The largest absolute Gasteiger partial charge is 0.349 e. The van der Waals surface area contributed by atoms with Crippen LogP contribution in [0.2, 0.25) is 0 Å². The summed E-state index contributed by atoms with van der Waals surface area (Å²) in [5.41, 5.74) is 4.50. The zero-order chi connectivity index (χ0) is 21.0. The van der Waals surface area contributed by atoms with Crippen molar-refractivity contribution in [2.75, 3.05) is 7.05 Å². The Labute approximate surface area is 188 Å². The molecule has 4 nitrogen and oxygen atoms in total. The molecule has 3 atom stereocenters. The van der Waals surface area contributed by atoms with Gasteiger partial charge in [-0.2, -0.15) is 0 Å². The minimum atomic E-state index is -0.277. The van der Waals surface area contributed by atoms with Crippen LogP contribution < -0.4 is 5.32 Å². The van der Waals surface area contributed by atoms with Gasteiger partial charge in [0.25, 0.3) is 5.91 Å². The number of rotatable bonds is 3. The smallest absolute Gasteiger partial charge is 0.254 e. The van der Waals surface area contributed by atoms with E-state index in [1.165, 1.54) is 25.0 Å². The molecule has 1 aromatic heterocycles. The Morgan fingerprint density at radius 3 is 2.32 bits per heavy atom. The Morgan fingerprint density at radius 1 is 1.03 bits per heavy atom. The Bertz CT molecular complexity index is 1110. The lowest BCUT2D eigenvalue weighted by Crippen LogP contribution is -2.48. The van der Waals surface area contributed by atoms with Gasteiger partial charge in [0.2, 0.25) is 0 Å². The lowest BCUT2D eigenvalue weighted by Gasteiger charge is -2.36. The van der Waals surface area contributed by atoms with Crippen molar-refractivity contribution in [2.24, 2.45) is 7.05 Å². The van der Waals surface area contributed by atoms with E-state index in [1.807, 2.05) is 14.0 Å². The molecule has 6 heteroatoms. The second-order valence-electron chi connectivity index (χ2n) is 9.00. The summed E-state index contributed by atoms with van der Waals surface area (Å²) in [6.45, 7) is 2.04. The van der Waals surface area contributed by atoms with Gasteiger partial charge in [-0.15, -0.1) is 12.4 Å². The van der Waals surface area contributed by atoms with E-state index in [2.05, 4.69) is 40.0 Å². The highest BCUT2D eigenvalue weighted by Crippen LogP contribution is 2.36. The van der Waals surface area contributed by atoms with Gasteiger partial charge < -0.3 is 14.8 Å². The fourth-order valence-electron chi connectivity index (χ4n) is 5.52. The maximum absolute atomic E-state index is 13.6. The SMILES string of the molecule is Cc1ccc2c(c1)c(C(=O)N[C@H]1C[C@H]3CC[C@@H](C1)N3C)c(-c1ccc(F)cc1)n2C.Cl. The van der Waals surface area contributed by atoms with Gasteiger partial charge in [0.1, 0.15) is 5.82 Å². The van der Waals surface area contributed by atoms with Crippen molar-refractivity contribution in [2.45, 2.75) is 50.7 Å². The maximum Gasteiger partial charge on any atom is 0.254 e. The molecule has 0 unspecified atom stereocenters. The molecule has 3 heterocycles. The number of carbonyl (C=O) groups is 1. The van der Waals surface area contributed by atoms with Gasteiger partial charge in [0.05, 0.1) is 11.3 Å².